The second kappa shape index (κ2) is 10.3. The third-order valence-corrected chi connectivity index (χ3v) is 4.09. The highest BCUT2D eigenvalue weighted by atomic mass is 16.5. The molecule has 0 heterocycles. The van der Waals surface area contributed by atoms with E-state index in [4.69, 9.17) is 5.21 Å². The van der Waals surface area contributed by atoms with Gasteiger partial charge in [0.1, 0.15) is 5.92 Å². The molecule has 25 heavy (non-hydrogen) atoms. The summed E-state index contributed by atoms with van der Waals surface area (Å²) in [5, 5.41) is 11.7. The van der Waals surface area contributed by atoms with Crippen molar-refractivity contribution in [1.29, 1.82) is 0 Å². The van der Waals surface area contributed by atoms with Crippen molar-refractivity contribution in [3.05, 3.63) is 71.8 Å². The Hall–Kier alpha value is -2.66. The van der Waals surface area contributed by atoms with Gasteiger partial charge in [-0.05, 0) is 36.8 Å². The molecular weight excluding hydrogens is 316 g/mol. The number of hydrogen-bond acceptors (Lipinski definition) is 3. The van der Waals surface area contributed by atoms with Gasteiger partial charge in [-0.3, -0.25) is 14.8 Å². The van der Waals surface area contributed by atoms with Gasteiger partial charge in [-0.1, -0.05) is 60.7 Å². The quantitative estimate of drug-likeness (QED) is 0.284. The Morgan fingerprint density at radius 3 is 1.96 bits per heavy atom. The fourth-order valence-corrected chi connectivity index (χ4v) is 2.69. The van der Waals surface area contributed by atoms with E-state index in [9.17, 15) is 9.59 Å². The number of benzene rings is 2. The Balaban J connectivity index is 1.80. The molecule has 0 unspecified atom stereocenters. The van der Waals surface area contributed by atoms with E-state index in [1.807, 2.05) is 60.7 Å². The summed E-state index contributed by atoms with van der Waals surface area (Å²) in [5.74, 6) is -1.92. The summed E-state index contributed by atoms with van der Waals surface area (Å²) in [7, 11) is 0. The lowest BCUT2D eigenvalue weighted by Crippen LogP contribution is -2.41. The topological polar surface area (TPSA) is 78.4 Å². The summed E-state index contributed by atoms with van der Waals surface area (Å²) in [6, 6.07) is 19.7. The summed E-state index contributed by atoms with van der Waals surface area (Å²) < 4.78 is 0. The second-order valence-electron chi connectivity index (χ2n) is 5.93. The minimum absolute atomic E-state index is 0.348. The molecule has 2 amide bonds. The zero-order valence-corrected chi connectivity index (χ0v) is 14.2. The van der Waals surface area contributed by atoms with Crippen LogP contribution in [0.3, 0.4) is 0 Å². The lowest BCUT2D eigenvalue weighted by atomic mass is 9.98. The van der Waals surface area contributed by atoms with E-state index in [0.29, 0.717) is 19.4 Å². The Labute approximate surface area is 148 Å². The van der Waals surface area contributed by atoms with E-state index < -0.39 is 11.8 Å². The first kappa shape index (κ1) is 18.7. The number of carbonyl (C=O) groups is 2. The van der Waals surface area contributed by atoms with Crippen molar-refractivity contribution < 1.29 is 14.8 Å². The van der Waals surface area contributed by atoms with Crippen LogP contribution in [0.4, 0.5) is 0 Å². The van der Waals surface area contributed by atoms with Crippen LogP contribution in [0.2, 0.25) is 0 Å². The fourth-order valence-electron chi connectivity index (χ4n) is 2.69. The Bertz CT molecular complexity index is 659. The molecule has 0 aromatic heterocycles. The van der Waals surface area contributed by atoms with Crippen LogP contribution in [0.25, 0.3) is 0 Å². The number of amides is 2. The molecule has 0 aliphatic heterocycles. The molecule has 2 aromatic rings. The molecule has 0 spiro atoms. The zero-order valence-electron chi connectivity index (χ0n) is 14.2. The first-order valence-corrected chi connectivity index (χ1v) is 8.50. The monoisotopic (exact) mass is 340 g/mol. The SMILES string of the molecule is O=C(NO)[C@@H](CCc1ccccc1)C(=O)NCCCc1ccccc1. The molecule has 0 saturated carbocycles. The molecule has 0 radical (unpaired) electrons. The highest BCUT2D eigenvalue weighted by molar-refractivity contribution is 5.99. The van der Waals surface area contributed by atoms with Crippen LogP contribution in [0.15, 0.2) is 60.7 Å². The van der Waals surface area contributed by atoms with Gasteiger partial charge in [-0.25, -0.2) is 5.48 Å². The summed E-state index contributed by atoms with van der Waals surface area (Å²) in [5.41, 5.74) is 3.86. The van der Waals surface area contributed by atoms with Gasteiger partial charge in [-0.15, -0.1) is 0 Å². The van der Waals surface area contributed by atoms with Gasteiger partial charge in [-0.2, -0.15) is 0 Å². The van der Waals surface area contributed by atoms with E-state index in [0.717, 1.165) is 18.4 Å². The number of hydroxylamine groups is 1. The van der Waals surface area contributed by atoms with Crippen LogP contribution < -0.4 is 10.8 Å². The minimum Gasteiger partial charge on any atom is -0.355 e. The normalized spacial score (nSPS) is 11.6. The van der Waals surface area contributed by atoms with Gasteiger partial charge in [0.25, 0.3) is 5.91 Å². The van der Waals surface area contributed by atoms with Crippen molar-refractivity contribution in [3.8, 4) is 0 Å². The minimum atomic E-state index is -0.901. The first-order chi connectivity index (χ1) is 12.2. The molecule has 1 atom stereocenters. The maximum absolute atomic E-state index is 12.3. The lowest BCUT2D eigenvalue weighted by Gasteiger charge is -2.15. The lowest BCUT2D eigenvalue weighted by molar-refractivity contribution is -0.140. The van der Waals surface area contributed by atoms with Gasteiger partial charge >= 0.3 is 0 Å². The van der Waals surface area contributed by atoms with Crippen molar-refractivity contribution in [2.24, 2.45) is 5.92 Å². The molecule has 132 valence electrons. The van der Waals surface area contributed by atoms with E-state index in [-0.39, 0.29) is 5.91 Å². The molecule has 0 saturated heterocycles. The van der Waals surface area contributed by atoms with Gasteiger partial charge in [0.05, 0.1) is 0 Å². The maximum atomic E-state index is 12.3. The van der Waals surface area contributed by atoms with E-state index in [1.54, 1.807) is 5.48 Å². The predicted molar refractivity (Wildman–Crippen MR) is 96.0 cm³/mol. The van der Waals surface area contributed by atoms with Gasteiger partial charge < -0.3 is 5.32 Å². The molecule has 0 aliphatic carbocycles. The van der Waals surface area contributed by atoms with Crippen LogP contribution in [0.5, 0.6) is 0 Å². The predicted octanol–water partition coefficient (Wildman–Crippen LogP) is 2.49. The molecule has 0 bridgehead atoms. The molecule has 5 heteroatoms. The fraction of sp³-hybridized carbons (Fsp3) is 0.300. The zero-order chi connectivity index (χ0) is 17.9. The molecule has 2 aromatic carbocycles. The van der Waals surface area contributed by atoms with Crippen molar-refractivity contribution >= 4 is 11.8 Å². The maximum Gasteiger partial charge on any atom is 0.255 e. The molecule has 0 aliphatic rings. The second-order valence-corrected chi connectivity index (χ2v) is 5.93. The molecule has 2 rings (SSSR count). The van der Waals surface area contributed by atoms with Gasteiger partial charge in [0.15, 0.2) is 0 Å². The van der Waals surface area contributed by atoms with Crippen molar-refractivity contribution in [3.63, 3.8) is 0 Å². The number of nitrogens with one attached hydrogen (secondary N) is 2. The van der Waals surface area contributed by atoms with Crippen LogP contribution in [-0.2, 0) is 22.4 Å². The number of aryl methyl sites for hydroxylation is 2. The summed E-state index contributed by atoms with van der Waals surface area (Å²) in [6.45, 7) is 0.494. The van der Waals surface area contributed by atoms with Gasteiger partial charge in [0, 0.05) is 6.54 Å². The van der Waals surface area contributed by atoms with Crippen LogP contribution in [-0.4, -0.2) is 23.6 Å². The smallest absolute Gasteiger partial charge is 0.255 e. The first-order valence-electron chi connectivity index (χ1n) is 8.50. The number of rotatable bonds is 9. The molecule has 0 fully saturated rings. The highest BCUT2D eigenvalue weighted by Crippen LogP contribution is 2.11. The van der Waals surface area contributed by atoms with Crippen LogP contribution in [0.1, 0.15) is 24.0 Å². The van der Waals surface area contributed by atoms with Crippen molar-refractivity contribution in [2.75, 3.05) is 6.54 Å². The average Bonchev–Trinajstić information content (AvgIpc) is 2.66. The summed E-state index contributed by atoms with van der Waals surface area (Å²) in [6.07, 6.45) is 2.60. The molecular formula is C20H24N2O3. The standard InChI is InChI=1S/C20H24N2O3/c23-19(21-15-7-12-16-8-3-1-4-9-16)18(20(24)22-25)14-13-17-10-5-2-6-11-17/h1-6,8-11,18,25H,7,12-15H2,(H,21,23)(H,22,24)/t18-/m0/s1. The third-order valence-electron chi connectivity index (χ3n) is 4.09. The average molecular weight is 340 g/mol. The largest absolute Gasteiger partial charge is 0.355 e. The third kappa shape index (κ3) is 6.39. The van der Waals surface area contributed by atoms with Crippen LogP contribution in [0, 0.1) is 5.92 Å². The van der Waals surface area contributed by atoms with E-state index in [2.05, 4.69) is 5.32 Å². The highest BCUT2D eigenvalue weighted by Gasteiger charge is 2.25. The van der Waals surface area contributed by atoms with Crippen LogP contribution >= 0.6 is 0 Å². The van der Waals surface area contributed by atoms with E-state index in [1.165, 1.54) is 5.56 Å². The van der Waals surface area contributed by atoms with Gasteiger partial charge in [0.2, 0.25) is 5.91 Å². The number of hydrogen-bond donors (Lipinski definition) is 3. The molecule has 5 nitrogen and oxygen atoms in total. The van der Waals surface area contributed by atoms with E-state index >= 15 is 0 Å². The Morgan fingerprint density at radius 2 is 1.40 bits per heavy atom. The number of carbonyl (C=O) groups excluding carboxylic acids is 2. The Morgan fingerprint density at radius 1 is 0.840 bits per heavy atom. The Kier molecular flexibility index (Phi) is 7.66. The summed E-state index contributed by atoms with van der Waals surface area (Å²) in [4.78, 5) is 24.1. The van der Waals surface area contributed by atoms with Crippen molar-refractivity contribution in [1.82, 2.24) is 10.8 Å². The summed E-state index contributed by atoms with van der Waals surface area (Å²) >= 11 is 0. The van der Waals surface area contributed by atoms with Crippen molar-refractivity contribution in [2.45, 2.75) is 25.7 Å². The molecule has 3 N–H and O–H groups in total.